The van der Waals surface area contributed by atoms with E-state index in [2.05, 4.69) is 31.9 Å². The first-order valence-electron chi connectivity index (χ1n) is 8.72. The quantitative estimate of drug-likeness (QED) is 0.334. The normalized spacial score (nSPS) is 11.1. The number of hydrazine groups is 1. The summed E-state index contributed by atoms with van der Waals surface area (Å²) in [6, 6.07) is 12.4. The minimum absolute atomic E-state index is 0.0468. The Morgan fingerprint density at radius 2 is 2.00 bits per heavy atom. The number of aryl methyl sites for hydroxylation is 2. The summed E-state index contributed by atoms with van der Waals surface area (Å²) in [5.74, 6) is 0.939. The van der Waals surface area contributed by atoms with E-state index in [1.807, 2.05) is 26.0 Å². The highest BCUT2D eigenvalue weighted by Crippen LogP contribution is 2.16. The minimum atomic E-state index is -3.69. The molecule has 0 saturated carbocycles. The lowest BCUT2D eigenvalue weighted by molar-refractivity contribution is 0.498. The van der Waals surface area contributed by atoms with Gasteiger partial charge in [0.15, 0.2) is 5.11 Å². The van der Waals surface area contributed by atoms with Gasteiger partial charge in [0, 0.05) is 11.9 Å². The zero-order valence-corrected chi connectivity index (χ0v) is 17.5. The number of hydrogen-bond donors (Lipinski definition) is 4. The monoisotopic (exact) mass is 431 g/mol. The van der Waals surface area contributed by atoms with Crippen molar-refractivity contribution in [3.8, 4) is 0 Å². The molecule has 0 aliphatic rings. The third-order valence-electron chi connectivity index (χ3n) is 4.00. The van der Waals surface area contributed by atoms with E-state index in [1.165, 1.54) is 30.2 Å². The molecule has 152 valence electrons. The number of benzene rings is 1. The van der Waals surface area contributed by atoms with Crippen molar-refractivity contribution in [2.24, 2.45) is 0 Å². The Bertz CT molecular complexity index is 1080. The van der Waals surface area contributed by atoms with Crippen LogP contribution < -0.4 is 20.9 Å². The largest absolute Gasteiger partial charge is 0.468 e. The maximum atomic E-state index is 12.3. The molecule has 2 aromatic heterocycles. The fraction of sp³-hybridized carbons (Fsp3) is 0.158. The van der Waals surface area contributed by atoms with Gasteiger partial charge in [-0.2, -0.15) is 0 Å². The highest BCUT2D eigenvalue weighted by molar-refractivity contribution is 7.89. The van der Waals surface area contributed by atoms with Gasteiger partial charge in [0.25, 0.3) is 0 Å². The van der Waals surface area contributed by atoms with Crippen molar-refractivity contribution >= 4 is 38.9 Å². The predicted octanol–water partition coefficient (Wildman–Crippen LogP) is 3.08. The lowest BCUT2D eigenvalue weighted by atomic mass is 10.1. The van der Waals surface area contributed by atoms with Crippen molar-refractivity contribution in [3.63, 3.8) is 0 Å². The Kier molecular flexibility index (Phi) is 6.47. The van der Waals surface area contributed by atoms with Crippen LogP contribution in [0.4, 0.5) is 11.5 Å². The summed E-state index contributed by atoms with van der Waals surface area (Å²) in [5.41, 5.74) is 8.79. The number of furan rings is 1. The second kappa shape index (κ2) is 9.03. The molecule has 4 N–H and O–H groups in total. The lowest BCUT2D eigenvalue weighted by Crippen LogP contribution is -2.33. The molecule has 0 aliphatic carbocycles. The Balaban J connectivity index is 1.54. The summed E-state index contributed by atoms with van der Waals surface area (Å²) in [6.45, 7) is 4.08. The predicted molar refractivity (Wildman–Crippen MR) is 116 cm³/mol. The van der Waals surface area contributed by atoms with Crippen LogP contribution >= 0.6 is 12.2 Å². The lowest BCUT2D eigenvalue weighted by Gasteiger charge is -2.14. The highest BCUT2D eigenvalue weighted by Gasteiger charge is 2.15. The Labute approximate surface area is 174 Å². The molecule has 29 heavy (non-hydrogen) atoms. The molecule has 0 radical (unpaired) electrons. The molecule has 0 spiro atoms. The number of anilines is 2. The maximum absolute atomic E-state index is 12.3. The molecule has 1 aromatic carbocycles. The van der Waals surface area contributed by atoms with Crippen molar-refractivity contribution in [2.75, 3.05) is 10.7 Å². The summed E-state index contributed by atoms with van der Waals surface area (Å²) in [7, 11) is -3.69. The second-order valence-electron chi connectivity index (χ2n) is 6.31. The van der Waals surface area contributed by atoms with E-state index in [4.69, 9.17) is 16.6 Å². The average molecular weight is 432 g/mol. The van der Waals surface area contributed by atoms with Gasteiger partial charge in [-0.05, 0) is 62.0 Å². The molecule has 3 aromatic rings. The summed E-state index contributed by atoms with van der Waals surface area (Å²) in [5, 5.41) is 3.45. The van der Waals surface area contributed by atoms with Crippen molar-refractivity contribution in [2.45, 2.75) is 25.3 Å². The molecule has 0 unspecified atom stereocenters. The number of sulfonamides is 1. The molecule has 2 heterocycles. The number of thiocarbonyl (C=S) groups is 1. The molecule has 0 fully saturated rings. The van der Waals surface area contributed by atoms with Crippen LogP contribution in [0.2, 0.25) is 0 Å². The highest BCUT2D eigenvalue weighted by atomic mass is 32.2. The molecule has 0 atom stereocenters. The van der Waals surface area contributed by atoms with Crippen molar-refractivity contribution < 1.29 is 12.8 Å². The zero-order valence-electron chi connectivity index (χ0n) is 15.9. The first-order valence-corrected chi connectivity index (χ1v) is 10.6. The van der Waals surface area contributed by atoms with E-state index in [0.717, 1.165) is 11.3 Å². The smallest absolute Gasteiger partial charge is 0.242 e. The molecular weight excluding hydrogens is 410 g/mol. The SMILES string of the molecule is Cc1ccc(NC(=S)NNc2ccc(S(=O)(=O)NCc3ccco3)cn2)c(C)c1. The minimum Gasteiger partial charge on any atom is -0.468 e. The van der Waals surface area contributed by atoms with Crippen LogP contribution in [0, 0.1) is 13.8 Å². The molecular formula is C19H21N5O3S2. The van der Waals surface area contributed by atoms with Crippen LogP contribution in [0.15, 0.2) is 64.2 Å². The van der Waals surface area contributed by atoms with Gasteiger partial charge in [-0.1, -0.05) is 17.7 Å². The van der Waals surface area contributed by atoms with Crippen LogP contribution in [-0.2, 0) is 16.6 Å². The third kappa shape index (κ3) is 5.76. The van der Waals surface area contributed by atoms with Gasteiger partial charge in [-0.15, -0.1) is 0 Å². The number of rotatable bonds is 7. The first kappa shape index (κ1) is 20.8. The Morgan fingerprint density at radius 1 is 1.17 bits per heavy atom. The molecule has 0 aliphatic heterocycles. The number of nitrogens with one attached hydrogen (secondary N) is 4. The number of pyridine rings is 1. The zero-order chi connectivity index (χ0) is 20.9. The Hall–Kier alpha value is -2.95. The van der Waals surface area contributed by atoms with Gasteiger partial charge >= 0.3 is 0 Å². The van der Waals surface area contributed by atoms with E-state index in [0.29, 0.717) is 16.7 Å². The van der Waals surface area contributed by atoms with E-state index in [9.17, 15) is 8.42 Å². The van der Waals surface area contributed by atoms with Crippen LogP contribution in [0.3, 0.4) is 0 Å². The van der Waals surface area contributed by atoms with Gasteiger partial charge < -0.3 is 9.73 Å². The van der Waals surface area contributed by atoms with Gasteiger partial charge in [-0.3, -0.25) is 10.9 Å². The summed E-state index contributed by atoms with van der Waals surface area (Å²) < 4.78 is 32.2. The van der Waals surface area contributed by atoms with Crippen molar-refractivity contribution in [1.82, 2.24) is 15.1 Å². The standard InChI is InChI=1S/C19H21N5O3S2/c1-13-5-7-17(14(2)10-13)22-19(28)24-23-18-8-6-16(12-20-18)29(25,26)21-11-15-4-3-9-27-15/h3-10,12,21H,11H2,1-2H3,(H,20,23)(H2,22,24,28). The van der Waals surface area contributed by atoms with Gasteiger partial charge in [0.1, 0.15) is 16.5 Å². The van der Waals surface area contributed by atoms with Crippen molar-refractivity contribution in [3.05, 3.63) is 71.8 Å². The number of hydrogen-bond acceptors (Lipinski definition) is 6. The first-order chi connectivity index (χ1) is 13.8. The van der Waals surface area contributed by atoms with Gasteiger partial charge in [0.05, 0.1) is 12.8 Å². The van der Waals surface area contributed by atoms with Crippen molar-refractivity contribution in [1.29, 1.82) is 0 Å². The number of aromatic nitrogens is 1. The van der Waals surface area contributed by atoms with Gasteiger partial charge in [-0.25, -0.2) is 18.1 Å². The fourth-order valence-electron chi connectivity index (χ4n) is 2.50. The number of nitrogens with zero attached hydrogens (tertiary/aromatic N) is 1. The van der Waals surface area contributed by atoms with Crippen LogP contribution in [0.1, 0.15) is 16.9 Å². The second-order valence-corrected chi connectivity index (χ2v) is 8.48. The van der Waals surface area contributed by atoms with E-state index in [1.54, 1.807) is 12.1 Å². The van der Waals surface area contributed by atoms with Gasteiger partial charge in [0.2, 0.25) is 10.0 Å². The van der Waals surface area contributed by atoms with Crippen LogP contribution in [0.25, 0.3) is 0 Å². The van der Waals surface area contributed by atoms with Crippen LogP contribution in [-0.4, -0.2) is 18.5 Å². The fourth-order valence-corrected chi connectivity index (χ4v) is 3.60. The maximum Gasteiger partial charge on any atom is 0.242 e. The molecule has 3 rings (SSSR count). The molecule has 10 heteroatoms. The van der Waals surface area contributed by atoms with E-state index >= 15 is 0 Å². The molecule has 8 nitrogen and oxygen atoms in total. The Morgan fingerprint density at radius 3 is 2.66 bits per heavy atom. The molecule has 0 saturated heterocycles. The third-order valence-corrected chi connectivity index (χ3v) is 5.59. The summed E-state index contributed by atoms with van der Waals surface area (Å²) in [6.07, 6.45) is 2.74. The average Bonchev–Trinajstić information content (AvgIpc) is 3.21. The molecule has 0 amide bonds. The molecule has 0 bridgehead atoms. The van der Waals surface area contributed by atoms with E-state index < -0.39 is 10.0 Å². The van der Waals surface area contributed by atoms with Crippen LogP contribution in [0.5, 0.6) is 0 Å². The topological polar surface area (TPSA) is 108 Å². The summed E-state index contributed by atoms with van der Waals surface area (Å²) in [4.78, 5) is 4.14. The summed E-state index contributed by atoms with van der Waals surface area (Å²) >= 11 is 5.26. The van der Waals surface area contributed by atoms with E-state index in [-0.39, 0.29) is 11.4 Å².